The first-order chi connectivity index (χ1) is 9.11. The monoisotopic (exact) mass is 271 g/mol. The summed E-state index contributed by atoms with van der Waals surface area (Å²) in [6.07, 6.45) is 1.36. The van der Waals surface area contributed by atoms with Crippen molar-refractivity contribution in [3.63, 3.8) is 0 Å². The lowest BCUT2D eigenvalue weighted by molar-refractivity contribution is 0.102. The summed E-state index contributed by atoms with van der Waals surface area (Å²) in [5, 5.41) is 12.0. The van der Waals surface area contributed by atoms with Crippen molar-refractivity contribution in [1.82, 2.24) is 4.98 Å². The van der Waals surface area contributed by atoms with E-state index in [2.05, 4.69) is 10.3 Å². The molecule has 0 spiro atoms. The van der Waals surface area contributed by atoms with Gasteiger partial charge in [0.15, 0.2) is 0 Å². The van der Waals surface area contributed by atoms with Crippen molar-refractivity contribution in [3.05, 3.63) is 58.4 Å². The lowest BCUT2D eigenvalue weighted by Gasteiger charge is -2.08. The van der Waals surface area contributed by atoms with Gasteiger partial charge in [-0.15, -0.1) is 0 Å². The molecule has 0 atom stereocenters. The molecule has 1 N–H and O–H groups in total. The number of nitrogens with zero attached hydrogens (tertiary/aromatic N) is 2. The van der Waals surface area contributed by atoms with Gasteiger partial charge >= 0.3 is 0 Å². The van der Waals surface area contributed by atoms with Gasteiger partial charge in [-0.3, -0.25) is 4.79 Å². The summed E-state index contributed by atoms with van der Waals surface area (Å²) in [6, 6.07) is 10.3. The molecule has 2 rings (SSSR count). The fourth-order valence-electron chi connectivity index (χ4n) is 1.52. The topological polar surface area (TPSA) is 65.8 Å². The predicted octanol–water partition coefficient (Wildman–Crippen LogP) is 3.17. The molecule has 4 nitrogen and oxygen atoms in total. The largest absolute Gasteiger partial charge is 0.320 e. The molecule has 5 heteroatoms. The molecular weight excluding hydrogens is 262 g/mol. The molecule has 0 aliphatic rings. The van der Waals surface area contributed by atoms with Crippen LogP contribution < -0.4 is 5.32 Å². The highest BCUT2D eigenvalue weighted by Gasteiger charge is 2.10. The minimum atomic E-state index is -0.338. The third-order valence-corrected chi connectivity index (χ3v) is 3.05. The van der Waals surface area contributed by atoms with Gasteiger partial charge in [-0.25, -0.2) is 4.98 Å². The van der Waals surface area contributed by atoms with E-state index in [1.165, 1.54) is 12.3 Å². The molecule has 0 saturated heterocycles. The Hall–Kier alpha value is -2.38. The Morgan fingerprint density at radius 3 is 2.79 bits per heavy atom. The van der Waals surface area contributed by atoms with Crippen LogP contribution in [0.2, 0.25) is 5.02 Å². The van der Waals surface area contributed by atoms with Crippen molar-refractivity contribution in [2.45, 2.75) is 6.92 Å². The second kappa shape index (κ2) is 5.51. The Morgan fingerprint density at radius 2 is 2.16 bits per heavy atom. The Balaban J connectivity index is 2.21. The van der Waals surface area contributed by atoms with Crippen molar-refractivity contribution in [2.24, 2.45) is 0 Å². The van der Waals surface area contributed by atoms with E-state index >= 15 is 0 Å². The number of carbonyl (C=O) groups is 1. The van der Waals surface area contributed by atoms with Crippen LogP contribution in [0.5, 0.6) is 0 Å². The van der Waals surface area contributed by atoms with Crippen LogP contribution in [-0.4, -0.2) is 10.9 Å². The molecule has 19 heavy (non-hydrogen) atoms. The molecule has 1 heterocycles. The van der Waals surface area contributed by atoms with Crippen molar-refractivity contribution in [3.8, 4) is 6.07 Å². The maximum atomic E-state index is 12.0. The molecule has 2 aromatic rings. The minimum absolute atomic E-state index is 0.248. The zero-order chi connectivity index (χ0) is 13.8. The van der Waals surface area contributed by atoms with Crippen molar-refractivity contribution in [2.75, 3.05) is 5.32 Å². The summed E-state index contributed by atoms with van der Waals surface area (Å²) < 4.78 is 0. The number of aromatic nitrogens is 1. The highest BCUT2D eigenvalue weighted by atomic mass is 35.5. The molecule has 0 radical (unpaired) electrons. The third-order valence-electron chi connectivity index (χ3n) is 2.64. The molecule has 0 saturated carbocycles. The van der Waals surface area contributed by atoms with E-state index in [9.17, 15) is 4.79 Å². The van der Waals surface area contributed by atoms with E-state index in [0.29, 0.717) is 16.3 Å². The number of hydrogen-bond acceptors (Lipinski definition) is 3. The Bertz CT molecular complexity index is 659. The van der Waals surface area contributed by atoms with E-state index in [0.717, 1.165) is 5.56 Å². The standard InChI is InChI=1S/C14H10ClN3O/c1-9-11(15)3-2-4-12(9)18-14(19)13-6-5-10(7-16)8-17-13/h2-6,8H,1H3,(H,18,19). The van der Waals surface area contributed by atoms with Crippen LogP contribution >= 0.6 is 11.6 Å². The molecule has 94 valence electrons. The van der Waals surface area contributed by atoms with Crippen molar-refractivity contribution in [1.29, 1.82) is 5.26 Å². The van der Waals surface area contributed by atoms with Crippen LogP contribution in [0.4, 0.5) is 5.69 Å². The third kappa shape index (κ3) is 2.90. The number of anilines is 1. The van der Waals surface area contributed by atoms with E-state index < -0.39 is 0 Å². The number of nitriles is 1. The zero-order valence-electron chi connectivity index (χ0n) is 10.1. The normalized spacial score (nSPS) is 9.74. The van der Waals surface area contributed by atoms with Gasteiger partial charge in [0, 0.05) is 16.9 Å². The highest BCUT2D eigenvalue weighted by molar-refractivity contribution is 6.31. The van der Waals surface area contributed by atoms with Gasteiger partial charge in [0.1, 0.15) is 11.8 Å². The number of benzene rings is 1. The molecule has 0 aliphatic carbocycles. The summed E-state index contributed by atoms with van der Waals surface area (Å²) >= 11 is 5.98. The van der Waals surface area contributed by atoms with Gasteiger partial charge in [0.25, 0.3) is 5.91 Å². The van der Waals surface area contributed by atoms with E-state index in [4.69, 9.17) is 16.9 Å². The first kappa shape index (κ1) is 13.1. The van der Waals surface area contributed by atoms with Gasteiger partial charge in [-0.05, 0) is 36.8 Å². The molecule has 0 bridgehead atoms. The second-order valence-electron chi connectivity index (χ2n) is 3.91. The molecule has 1 aromatic carbocycles. The van der Waals surface area contributed by atoms with Gasteiger partial charge in [-0.1, -0.05) is 17.7 Å². The van der Waals surface area contributed by atoms with Gasteiger partial charge in [-0.2, -0.15) is 5.26 Å². The Kier molecular flexibility index (Phi) is 3.79. The van der Waals surface area contributed by atoms with Gasteiger partial charge in [0.05, 0.1) is 5.56 Å². The lowest BCUT2D eigenvalue weighted by atomic mass is 10.2. The SMILES string of the molecule is Cc1c(Cl)cccc1NC(=O)c1ccc(C#N)cn1. The first-order valence-corrected chi connectivity index (χ1v) is 5.92. The van der Waals surface area contributed by atoms with Crippen LogP contribution in [0.3, 0.4) is 0 Å². The maximum absolute atomic E-state index is 12.0. The van der Waals surface area contributed by atoms with Gasteiger partial charge < -0.3 is 5.32 Å². The quantitative estimate of drug-likeness (QED) is 0.912. The average Bonchev–Trinajstić information content (AvgIpc) is 2.44. The van der Waals surface area contributed by atoms with E-state index in [-0.39, 0.29) is 11.6 Å². The zero-order valence-corrected chi connectivity index (χ0v) is 10.9. The summed E-state index contributed by atoms with van der Waals surface area (Å²) in [4.78, 5) is 15.9. The maximum Gasteiger partial charge on any atom is 0.274 e. The van der Waals surface area contributed by atoms with Crippen LogP contribution in [0.1, 0.15) is 21.6 Å². The van der Waals surface area contributed by atoms with Crippen LogP contribution in [0, 0.1) is 18.3 Å². The summed E-state index contributed by atoms with van der Waals surface area (Å²) in [5.74, 6) is -0.338. The van der Waals surface area contributed by atoms with Crippen molar-refractivity contribution < 1.29 is 4.79 Å². The fraction of sp³-hybridized carbons (Fsp3) is 0.0714. The molecule has 1 aromatic heterocycles. The number of hydrogen-bond donors (Lipinski definition) is 1. The first-order valence-electron chi connectivity index (χ1n) is 5.54. The summed E-state index contributed by atoms with van der Waals surface area (Å²) in [6.45, 7) is 1.82. The van der Waals surface area contributed by atoms with Crippen LogP contribution in [-0.2, 0) is 0 Å². The summed E-state index contributed by atoms with van der Waals surface area (Å²) in [5.41, 5.74) is 2.10. The van der Waals surface area contributed by atoms with E-state index in [1.54, 1.807) is 24.3 Å². The van der Waals surface area contributed by atoms with Gasteiger partial charge in [0.2, 0.25) is 0 Å². The Morgan fingerprint density at radius 1 is 1.37 bits per heavy atom. The molecule has 0 unspecified atom stereocenters. The summed E-state index contributed by atoms with van der Waals surface area (Å²) in [7, 11) is 0. The number of amides is 1. The molecule has 0 fully saturated rings. The number of pyridine rings is 1. The number of halogens is 1. The lowest BCUT2D eigenvalue weighted by Crippen LogP contribution is -2.14. The molecule has 1 amide bonds. The average molecular weight is 272 g/mol. The predicted molar refractivity (Wildman–Crippen MR) is 73.1 cm³/mol. The second-order valence-corrected chi connectivity index (χ2v) is 4.32. The fourth-order valence-corrected chi connectivity index (χ4v) is 1.70. The van der Waals surface area contributed by atoms with Crippen LogP contribution in [0.25, 0.3) is 0 Å². The minimum Gasteiger partial charge on any atom is -0.320 e. The number of rotatable bonds is 2. The number of nitrogens with one attached hydrogen (secondary N) is 1. The Labute approximate surface area is 115 Å². The molecule has 0 aliphatic heterocycles. The highest BCUT2D eigenvalue weighted by Crippen LogP contribution is 2.23. The molecular formula is C14H10ClN3O. The number of carbonyl (C=O) groups excluding carboxylic acids is 1. The van der Waals surface area contributed by atoms with E-state index in [1.807, 2.05) is 13.0 Å². The smallest absolute Gasteiger partial charge is 0.274 e. The van der Waals surface area contributed by atoms with Crippen molar-refractivity contribution >= 4 is 23.2 Å². The van der Waals surface area contributed by atoms with Crippen LogP contribution in [0.15, 0.2) is 36.5 Å².